The number of hydrogen-bond donors (Lipinski definition) is 8. The number of nitrogens with one attached hydrogen (secondary N) is 3. The summed E-state index contributed by atoms with van der Waals surface area (Å²) in [6.45, 7) is 0.338. The number of nitrogens with zero attached hydrogens (tertiary/aromatic N) is 1. The predicted octanol–water partition coefficient (Wildman–Crippen LogP) is 0.495. The summed E-state index contributed by atoms with van der Waals surface area (Å²) in [4.78, 5) is 44.1. The molecule has 3 aromatic rings. The van der Waals surface area contributed by atoms with Crippen molar-refractivity contribution in [3.05, 3.63) is 59.8 Å². The van der Waals surface area contributed by atoms with E-state index in [1.807, 2.05) is 24.3 Å². The minimum Gasteiger partial charge on any atom is -0.480 e. The molecule has 1 heterocycles. The average Bonchev–Trinajstić information content (AvgIpc) is 3.25. The maximum atomic E-state index is 12.9. The highest BCUT2D eigenvalue weighted by Gasteiger charge is 2.23. The summed E-state index contributed by atoms with van der Waals surface area (Å²) in [5.74, 6) is -2.34. The number of fused-ring (bicyclic) bond motifs is 1. The van der Waals surface area contributed by atoms with Gasteiger partial charge in [0.05, 0.1) is 17.4 Å². The number of aliphatic imine (C=N–C) groups is 1. The van der Waals surface area contributed by atoms with Crippen LogP contribution in [0.15, 0.2) is 53.7 Å². The molecule has 0 saturated carbocycles. The second kappa shape index (κ2) is 11.7. The van der Waals surface area contributed by atoms with Crippen molar-refractivity contribution in [3.63, 3.8) is 0 Å². The molecule has 12 N–H and O–H groups in total. The third kappa shape index (κ3) is 6.73. The number of carboxylic acid groups (broad SMARTS) is 1. The summed E-state index contributed by atoms with van der Waals surface area (Å²) in [6.07, 6.45) is 2.64. The van der Waals surface area contributed by atoms with E-state index in [0.717, 1.165) is 16.5 Å². The van der Waals surface area contributed by atoms with Crippen LogP contribution in [0.3, 0.4) is 0 Å². The lowest BCUT2D eigenvalue weighted by Crippen LogP contribution is -2.42. The van der Waals surface area contributed by atoms with Gasteiger partial charge in [-0.25, -0.2) is 4.79 Å². The van der Waals surface area contributed by atoms with Crippen molar-refractivity contribution in [2.24, 2.45) is 22.2 Å². The standard InChI is InChI=1S/C24H30N8O4/c25-16-8-7-13(10-19(16)31-22(34)17(26)5-3-9-29-24(27)28)21(33)32-20(23(35)36)11-14-12-30-18-6-2-1-4-15(14)18/h1-2,4,6-8,10,12,17,20,30H,3,5,9,11,25-26H2,(H,31,34)(H,32,33)(H,35,36)(H4,27,28,29)/t17-,20-/m0/s1. The van der Waals surface area contributed by atoms with Crippen molar-refractivity contribution < 1.29 is 19.5 Å². The second-order valence-corrected chi connectivity index (χ2v) is 8.27. The Morgan fingerprint density at radius 1 is 1.11 bits per heavy atom. The molecule has 0 spiro atoms. The molecule has 2 atom stereocenters. The molecule has 0 saturated heterocycles. The van der Waals surface area contributed by atoms with Gasteiger partial charge in [-0.15, -0.1) is 0 Å². The molecule has 12 heteroatoms. The van der Waals surface area contributed by atoms with Crippen LogP contribution in [0.5, 0.6) is 0 Å². The highest BCUT2D eigenvalue weighted by atomic mass is 16.4. The lowest BCUT2D eigenvalue weighted by atomic mass is 10.0. The summed E-state index contributed by atoms with van der Waals surface area (Å²) < 4.78 is 0. The van der Waals surface area contributed by atoms with Gasteiger partial charge in [0.15, 0.2) is 5.96 Å². The van der Waals surface area contributed by atoms with Crippen LogP contribution in [0.1, 0.15) is 28.8 Å². The number of anilines is 2. The summed E-state index contributed by atoms with van der Waals surface area (Å²) in [7, 11) is 0. The molecule has 3 rings (SSSR count). The molecule has 2 amide bonds. The number of guanidine groups is 1. The van der Waals surface area contributed by atoms with Crippen molar-refractivity contribution in [1.82, 2.24) is 10.3 Å². The Balaban J connectivity index is 1.66. The van der Waals surface area contributed by atoms with Gasteiger partial charge in [0, 0.05) is 35.6 Å². The molecular formula is C24H30N8O4. The minimum absolute atomic E-state index is 0.0394. The first-order chi connectivity index (χ1) is 17.2. The molecule has 0 aliphatic carbocycles. The quantitative estimate of drug-likeness (QED) is 0.0807. The van der Waals surface area contributed by atoms with Crippen LogP contribution < -0.4 is 33.6 Å². The Morgan fingerprint density at radius 2 is 1.86 bits per heavy atom. The van der Waals surface area contributed by atoms with Crippen LogP contribution in [0, 0.1) is 0 Å². The van der Waals surface area contributed by atoms with E-state index in [1.54, 1.807) is 6.20 Å². The smallest absolute Gasteiger partial charge is 0.326 e. The van der Waals surface area contributed by atoms with Gasteiger partial charge in [0.2, 0.25) is 5.91 Å². The number of carboxylic acids is 1. The van der Waals surface area contributed by atoms with E-state index in [1.165, 1.54) is 18.2 Å². The van der Waals surface area contributed by atoms with E-state index in [0.29, 0.717) is 19.4 Å². The van der Waals surface area contributed by atoms with Gasteiger partial charge >= 0.3 is 5.97 Å². The van der Waals surface area contributed by atoms with E-state index in [4.69, 9.17) is 22.9 Å². The second-order valence-electron chi connectivity index (χ2n) is 8.27. The summed E-state index contributed by atoms with van der Waals surface area (Å²) in [6, 6.07) is 9.73. The number of benzene rings is 2. The van der Waals surface area contributed by atoms with Crippen LogP contribution >= 0.6 is 0 Å². The Morgan fingerprint density at radius 3 is 2.58 bits per heavy atom. The van der Waals surface area contributed by atoms with Gasteiger partial charge in [-0.2, -0.15) is 0 Å². The number of carbonyl (C=O) groups excluding carboxylic acids is 2. The van der Waals surface area contributed by atoms with E-state index in [2.05, 4.69) is 20.6 Å². The number of aliphatic carboxylic acids is 1. The first-order valence-corrected chi connectivity index (χ1v) is 11.3. The van der Waals surface area contributed by atoms with Gasteiger partial charge in [-0.1, -0.05) is 18.2 Å². The number of carbonyl (C=O) groups is 3. The Bertz CT molecular complexity index is 1280. The molecule has 36 heavy (non-hydrogen) atoms. The topological polar surface area (TPSA) is 228 Å². The molecule has 0 aliphatic heterocycles. The first-order valence-electron chi connectivity index (χ1n) is 11.3. The summed E-state index contributed by atoms with van der Waals surface area (Å²) in [5.41, 5.74) is 24.6. The molecule has 0 aliphatic rings. The van der Waals surface area contributed by atoms with Crippen molar-refractivity contribution >= 4 is 46.0 Å². The first kappa shape index (κ1) is 26.0. The Kier molecular flexibility index (Phi) is 8.47. The Hall–Kier alpha value is -4.58. The molecule has 190 valence electrons. The van der Waals surface area contributed by atoms with Gasteiger partial charge in [-0.3, -0.25) is 14.6 Å². The fourth-order valence-corrected chi connectivity index (χ4v) is 3.64. The largest absolute Gasteiger partial charge is 0.480 e. The number of nitrogens with two attached hydrogens (primary N) is 4. The zero-order chi connectivity index (χ0) is 26.2. The Labute approximate surface area is 207 Å². The van der Waals surface area contributed by atoms with Crippen molar-refractivity contribution in [1.29, 1.82) is 0 Å². The van der Waals surface area contributed by atoms with Crippen LogP contribution in [-0.4, -0.2) is 52.5 Å². The average molecular weight is 495 g/mol. The number of hydrogen-bond acceptors (Lipinski definition) is 6. The third-order valence-electron chi connectivity index (χ3n) is 5.58. The molecule has 0 fully saturated rings. The maximum absolute atomic E-state index is 12.9. The summed E-state index contributed by atoms with van der Waals surface area (Å²) in [5, 5.41) is 15.7. The number of amides is 2. The van der Waals surface area contributed by atoms with Crippen molar-refractivity contribution in [3.8, 4) is 0 Å². The highest BCUT2D eigenvalue weighted by Crippen LogP contribution is 2.22. The molecule has 12 nitrogen and oxygen atoms in total. The summed E-state index contributed by atoms with van der Waals surface area (Å²) >= 11 is 0. The normalized spacial score (nSPS) is 12.5. The number of rotatable bonds is 11. The van der Waals surface area contributed by atoms with Crippen LogP contribution in [0.25, 0.3) is 10.9 Å². The van der Waals surface area contributed by atoms with Crippen LogP contribution in [0.4, 0.5) is 11.4 Å². The number of aromatic nitrogens is 1. The molecule has 2 aromatic carbocycles. The van der Waals surface area contributed by atoms with Gasteiger partial charge in [-0.05, 0) is 42.7 Å². The number of H-pyrrole nitrogens is 1. The SMILES string of the molecule is NC(N)=NCCC[C@H](N)C(=O)Nc1cc(C(=O)N[C@@H](Cc2c[nH]c3ccccc23)C(=O)O)ccc1N. The number of aromatic amines is 1. The maximum Gasteiger partial charge on any atom is 0.326 e. The van der Waals surface area contributed by atoms with Crippen LogP contribution in [0.2, 0.25) is 0 Å². The van der Waals surface area contributed by atoms with Crippen LogP contribution in [-0.2, 0) is 16.0 Å². The molecule has 0 unspecified atom stereocenters. The number of para-hydroxylation sites is 1. The molecule has 0 bridgehead atoms. The predicted molar refractivity (Wildman–Crippen MR) is 138 cm³/mol. The fourth-order valence-electron chi connectivity index (χ4n) is 3.64. The fraction of sp³-hybridized carbons (Fsp3) is 0.250. The zero-order valence-electron chi connectivity index (χ0n) is 19.5. The molecule has 1 aromatic heterocycles. The lowest BCUT2D eigenvalue weighted by Gasteiger charge is -2.16. The monoisotopic (exact) mass is 494 g/mol. The number of nitrogen functional groups attached to an aromatic ring is 1. The molecular weight excluding hydrogens is 464 g/mol. The van der Waals surface area contributed by atoms with Gasteiger partial charge in [0.1, 0.15) is 6.04 Å². The lowest BCUT2D eigenvalue weighted by molar-refractivity contribution is -0.139. The van der Waals surface area contributed by atoms with Crippen molar-refractivity contribution in [2.75, 3.05) is 17.6 Å². The highest BCUT2D eigenvalue weighted by molar-refractivity contribution is 6.02. The van der Waals surface area contributed by atoms with Gasteiger partial charge < -0.3 is 43.7 Å². The molecule has 0 radical (unpaired) electrons. The minimum atomic E-state index is -1.18. The van der Waals surface area contributed by atoms with Crippen molar-refractivity contribution in [2.45, 2.75) is 31.3 Å². The van der Waals surface area contributed by atoms with E-state index < -0.39 is 29.9 Å². The van der Waals surface area contributed by atoms with E-state index >= 15 is 0 Å². The van der Waals surface area contributed by atoms with E-state index in [9.17, 15) is 19.5 Å². The third-order valence-corrected chi connectivity index (χ3v) is 5.58. The zero-order valence-corrected chi connectivity index (χ0v) is 19.5. The van der Waals surface area contributed by atoms with Gasteiger partial charge in [0.25, 0.3) is 5.91 Å². The van der Waals surface area contributed by atoms with E-state index in [-0.39, 0.29) is 29.3 Å².